The van der Waals surface area contributed by atoms with E-state index >= 15 is 0 Å². The molecule has 0 aromatic heterocycles. The Balaban J connectivity index is 2.12. The lowest BCUT2D eigenvalue weighted by atomic mass is 10.0. The Labute approximate surface area is 125 Å². The topological polar surface area (TPSA) is 35.5 Å². The van der Waals surface area contributed by atoms with Gasteiger partial charge in [0.05, 0.1) is 0 Å². The monoisotopic (exact) mass is 284 g/mol. The van der Waals surface area contributed by atoms with Crippen LogP contribution in [0.1, 0.15) is 30.1 Å². The minimum absolute atomic E-state index is 0.204. The molecule has 0 saturated carbocycles. The lowest BCUT2D eigenvalue weighted by Crippen LogP contribution is -2.13. The molecule has 0 radical (unpaired) electrons. The van der Waals surface area contributed by atoms with Crippen LogP contribution in [0.25, 0.3) is 0 Å². The van der Waals surface area contributed by atoms with E-state index in [4.69, 9.17) is 9.47 Å². The quantitative estimate of drug-likeness (QED) is 0.574. The molecule has 0 atom stereocenters. The normalized spacial score (nSPS) is 10.6. The standard InChI is InChI=1S/C18H20O3/c1-20-14-8-13-17(19)21-18(15-9-4-2-5-10-15)16-11-6-3-7-12-16/h2-7,9-12,18H,8,13-14H2,1H3. The maximum absolute atomic E-state index is 12.0. The fourth-order valence-corrected chi connectivity index (χ4v) is 2.14. The highest BCUT2D eigenvalue weighted by molar-refractivity contribution is 5.70. The molecular weight excluding hydrogens is 264 g/mol. The van der Waals surface area contributed by atoms with Crippen molar-refractivity contribution < 1.29 is 14.3 Å². The molecule has 0 saturated heterocycles. The summed E-state index contributed by atoms with van der Waals surface area (Å²) in [5.74, 6) is -0.204. The molecule has 0 aliphatic heterocycles. The van der Waals surface area contributed by atoms with Crippen LogP contribution in [0, 0.1) is 0 Å². The summed E-state index contributed by atoms with van der Waals surface area (Å²) in [5, 5.41) is 0. The fourth-order valence-electron chi connectivity index (χ4n) is 2.14. The van der Waals surface area contributed by atoms with E-state index in [1.807, 2.05) is 60.7 Å². The van der Waals surface area contributed by atoms with Gasteiger partial charge in [0.2, 0.25) is 0 Å². The molecule has 3 heteroatoms. The number of ether oxygens (including phenoxy) is 2. The number of hydrogen-bond acceptors (Lipinski definition) is 3. The van der Waals surface area contributed by atoms with E-state index in [9.17, 15) is 4.79 Å². The summed E-state index contributed by atoms with van der Waals surface area (Å²) >= 11 is 0. The third-order valence-corrected chi connectivity index (χ3v) is 3.18. The van der Waals surface area contributed by atoms with Gasteiger partial charge in [0, 0.05) is 20.1 Å². The van der Waals surface area contributed by atoms with Crippen molar-refractivity contribution in [2.75, 3.05) is 13.7 Å². The first-order valence-electron chi connectivity index (χ1n) is 7.09. The van der Waals surface area contributed by atoms with Crippen LogP contribution in [0.5, 0.6) is 0 Å². The van der Waals surface area contributed by atoms with E-state index in [1.165, 1.54) is 0 Å². The lowest BCUT2D eigenvalue weighted by molar-refractivity contribution is -0.147. The van der Waals surface area contributed by atoms with Crippen molar-refractivity contribution in [1.29, 1.82) is 0 Å². The highest BCUT2D eigenvalue weighted by Gasteiger charge is 2.18. The van der Waals surface area contributed by atoms with Crippen molar-refractivity contribution >= 4 is 5.97 Å². The van der Waals surface area contributed by atoms with E-state index in [0.29, 0.717) is 19.4 Å². The summed E-state index contributed by atoms with van der Waals surface area (Å²) in [4.78, 5) is 12.0. The first kappa shape index (κ1) is 15.3. The van der Waals surface area contributed by atoms with Crippen LogP contribution in [-0.4, -0.2) is 19.7 Å². The Morgan fingerprint density at radius 3 is 1.95 bits per heavy atom. The first-order chi connectivity index (χ1) is 10.3. The molecule has 0 unspecified atom stereocenters. The highest BCUT2D eigenvalue weighted by atomic mass is 16.5. The summed E-state index contributed by atoms with van der Waals surface area (Å²) in [6.07, 6.45) is 0.678. The number of methoxy groups -OCH3 is 1. The molecule has 21 heavy (non-hydrogen) atoms. The molecular formula is C18H20O3. The number of esters is 1. The minimum atomic E-state index is -0.359. The van der Waals surface area contributed by atoms with Gasteiger partial charge in [-0.25, -0.2) is 0 Å². The van der Waals surface area contributed by atoms with Gasteiger partial charge >= 0.3 is 5.97 Å². The number of rotatable bonds is 7. The fraction of sp³-hybridized carbons (Fsp3) is 0.278. The molecule has 2 aromatic rings. The molecule has 0 bridgehead atoms. The van der Waals surface area contributed by atoms with Gasteiger partial charge in [-0.05, 0) is 17.5 Å². The largest absolute Gasteiger partial charge is 0.453 e. The Bertz CT molecular complexity index is 497. The van der Waals surface area contributed by atoms with Gasteiger partial charge in [-0.15, -0.1) is 0 Å². The molecule has 0 fully saturated rings. The molecule has 2 aromatic carbocycles. The second-order valence-electron chi connectivity index (χ2n) is 4.79. The zero-order valence-corrected chi connectivity index (χ0v) is 12.2. The third-order valence-electron chi connectivity index (χ3n) is 3.18. The first-order valence-corrected chi connectivity index (χ1v) is 7.09. The molecule has 2 rings (SSSR count). The average Bonchev–Trinajstić information content (AvgIpc) is 2.54. The van der Waals surface area contributed by atoms with Crippen LogP contribution in [0.15, 0.2) is 60.7 Å². The molecule has 0 amide bonds. The van der Waals surface area contributed by atoms with Crippen molar-refractivity contribution in [3.63, 3.8) is 0 Å². The number of benzene rings is 2. The van der Waals surface area contributed by atoms with E-state index in [2.05, 4.69) is 0 Å². The summed E-state index contributed by atoms with van der Waals surface area (Å²) in [6.45, 7) is 0.566. The highest BCUT2D eigenvalue weighted by Crippen LogP contribution is 2.26. The Hall–Kier alpha value is -2.13. The summed E-state index contributed by atoms with van der Waals surface area (Å²) < 4.78 is 10.6. The van der Waals surface area contributed by atoms with Crippen molar-refractivity contribution in [3.05, 3.63) is 71.8 Å². The second kappa shape index (κ2) is 8.22. The van der Waals surface area contributed by atoms with Crippen LogP contribution < -0.4 is 0 Å². The maximum Gasteiger partial charge on any atom is 0.306 e. The minimum Gasteiger partial charge on any atom is -0.453 e. The van der Waals surface area contributed by atoms with Gasteiger partial charge in [-0.2, -0.15) is 0 Å². The van der Waals surface area contributed by atoms with E-state index in [-0.39, 0.29) is 12.1 Å². The van der Waals surface area contributed by atoms with E-state index in [1.54, 1.807) is 7.11 Å². The van der Waals surface area contributed by atoms with Gasteiger partial charge < -0.3 is 9.47 Å². The van der Waals surface area contributed by atoms with Crippen LogP contribution in [-0.2, 0) is 14.3 Å². The predicted octanol–water partition coefficient (Wildman–Crippen LogP) is 3.75. The van der Waals surface area contributed by atoms with Crippen molar-refractivity contribution in [2.24, 2.45) is 0 Å². The summed E-state index contributed by atoms with van der Waals surface area (Å²) in [5.41, 5.74) is 1.95. The zero-order valence-electron chi connectivity index (χ0n) is 12.2. The van der Waals surface area contributed by atoms with Gasteiger partial charge in [-0.3, -0.25) is 4.79 Å². The third kappa shape index (κ3) is 4.72. The summed E-state index contributed by atoms with van der Waals surface area (Å²) in [7, 11) is 1.63. The molecule has 0 N–H and O–H groups in total. The molecule has 0 aliphatic rings. The van der Waals surface area contributed by atoms with Crippen LogP contribution in [0.2, 0.25) is 0 Å². The summed E-state index contributed by atoms with van der Waals surface area (Å²) in [6, 6.07) is 19.6. The molecule has 0 heterocycles. The van der Waals surface area contributed by atoms with Gasteiger partial charge in [0.1, 0.15) is 0 Å². The smallest absolute Gasteiger partial charge is 0.306 e. The van der Waals surface area contributed by atoms with Crippen molar-refractivity contribution in [3.8, 4) is 0 Å². The Morgan fingerprint density at radius 2 is 1.48 bits per heavy atom. The van der Waals surface area contributed by atoms with Gasteiger partial charge in [-0.1, -0.05) is 60.7 Å². The van der Waals surface area contributed by atoms with Crippen molar-refractivity contribution in [1.82, 2.24) is 0 Å². The van der Waals surface area contributed by atoms with E-state index in [0.717, 1.165) is 11.1 Å². The van der Waals surface area contributed by atoms with Crippen LogP contribution in [0.4, 0.5) is 0 Å². The van der Waals surface area contributed by atoms with Crippen LogP contribution in [0.3, 0.4) is 0 Å². The maximum atomic E-state index is 12.0. The Kier molecular flexibility index (Phi) is 5.98. The molecule has 110 valence electrons. The second-order valence-corrected chi connectivity index (χ2v) is 4.79. The molecule has 0 aliphatic carbocycles. The number of hydrogen-bond donors (Lipinski definition) is 0. The Morgan fingerprint density at radius 1 is 0.952 bits per heavy atom. The van der Waals surface area contributed by atoms with Gasteiger partial charge in [0.15, 0.2) is 6.10 Å². The van der Waals surface area contributed by atoms with Crippen molar-refractivity contribution in [2.45, 2.75) is 18.9 Å². The molecule has 0 spiro atoms. The number of carbonyl (C=O) groups is 1. The predicted molar refractivity (Wildman–Crippen MR) is 81.9 cm³/mol. The average molecular weight is 284 g/mol. The molecule has 3 nitrogen and oxygen atoms in total. The number of carbonyl (C=O) groups excluding carboxylic acids is 1. The van der Waals surface area contributed by atoms with Gasteiger partial charge in [0.25, 0.3) is 0 Å². The zero-order chi connectivity index (χ0) is 14.9. The lowest BCUT2D eigenvalue weighted by Gasteiger charge is -2.19. The SMILES string of the molecule is COCCCC(=O)OC(c1ccccc1)c1ccccc1. The van der Waals surface area contributed by atoms with Crippen LogP contribution >= 0.6 is 0 Å². The van der Waals surface area contributed by atoms with E-state index < -0.39 is 0 Å².